The molecule has 0 spiro atoms. The Kier molecular flexibility index (Phi) is 3.93. The lowest BCUT2D eigenvalue weighted by molar-refractivity contribution is 0.00709. The first kappa shape index (κ1) is 13.0. The number of likely N-dealkylation sites (tertiary alicyclic amines) is 1. The van der Waals surface area contributed by atoms with Crippen molar-refractivity contribution < 1.29 is 9.53 Å². The van der Waals surface area contributed by atoms with Crippen LogP contribution in [0.15, 0.2) is 0 Å². The molecular weight excluding hydrogens is 228 g/mol. The van der Waals surface area contributed by atoms with Crippen LogP contribution in [0.3, 0.4) is 0 Å². The first-order valence-corrected chi connectivity index (χ1v) is 5.47. The van der Waals surface area contributed by atoms with Crippen LogP contribution < -0.4 is 16.6 Å². The highest BCUT2D eigenvalue weighted by atomic mass is 32.1. The lowest BCUT2D eigenvalue weighted by Crippen LogP contribution is -2.63. The largest absolute Gasteiger partial charge is 0.444 e. The number of ether oxygens (including phenoxy) is 1. The van der Waals surface area contributed by atoms with E-state index in [0.29, 0.717) is 18.2 Å². The van der Waals surface area contributed by atoms with Crippen molar-refractivity contribution in [3.63, 3.8) is 0 Å². The molecule has 1 heterocycles. The molecule has 0 aromatic carbocycles. The van der Waals surface area contributed by atoms with E-state index in [1.165, 1.54) is 0 Å². The SMILES string of the molecule is CC(C)(C)OC(=O)N1CC(NC(=S)NN)C1. The minimum absolute atomic E-state index is 0.149. The van der Waals surface area contributed by atoms with E-state index in [2.05, 4.69) is 10.7 Å². The van der Waals surface area contributed by atoms with Crippen LogP contribution in [0.25, 0.3) is 0 Å². The summed E-state index contributed by atoms with van der Waals surface area (Å²) in [6, 6.07) is 0.149. The van der Waals surface area contributed by atoms with Crippen molar-refractivity contribution in [3.8, 4) is 0 Å². The van der Waals surface area contributed by atoms with E-state index in [0.717, 1.165) is 0 Å². The Morgan fingerprint density at radius 1 is 1.50 bits per heavy atom. The molecular formula is C9H18N4O2S. The van der Waals surface area contributed by atoms with Crippen LogP contribution in [0.4, 0.5) is 4.79 Å². The molecule has 0 saturated carbocycles. The van der Waals surface area contributed by atoms with Gasteiger partial charge in [-0.1, -0.05) is 0 Å². The summed E-state index contributed by atoms with van der Waals surface area (Å²) in [5.41, 5.74) is 1.88. The Morgan fingerprint density at radius 2 is 2.06 bits per heavy atom. The normalized spacial score (nSPS) is 16.4. The zero-order chi connectivity index (χ0) is 12.3. The Labute approximate surface area is 100 Å². The quantitative estimate of drug-likeness (QED) is 0.342. The number of hydrogen-bond donors (Lipinski definition) is 3. The third kappa shape index (κ3) is 3.82. The molecule has 0 unspecified atom stereocenters. The van der Waals surface area contributed by atoms with Gasteiger partial charge in [0.2, 0.25) is 0 Å². The van der Waals surface area contributed by atoms with Gasteiger partial charge in [0.25, 0.3) is 0 Å². The number of rotatable bonds is 1. The van der Waals surface area contributed by atoms with Crippen molar-refractivity contribution in [2.24, 2.45) is 5.84 Å². The molecule has 0 aromatic heterocycles. The van der Waals surface area contributed by atoms with Gasteiger partial charge in [-0.2, -0.15) is 0 Å². The molecule has 6 nitrogen and oxygen atoms in total. The van der Waals surface area contributed by atoms with Gasteiger partial charge in [0, 0.05) is 13.1 Å². The number of nitrogens with one attached hydrogen (secondary N) is 2. The molecule has 16 heavy (non-hydrogen) atoms. The van der Waals surface area contributed by atoms with Gasteiger partial charge in [0.15, 0.2) is 5.11 Å². The van der Waals surface area contributed by atoms with E-state index in [1.54, 1.807) is 4.90 Å². The molecule has 0 atom stereocenters. The van der Waals surface area contributed by atoms with Gasteiger partial charge >= 0.3 is 6.09 Å². The first-order valence-electron chi connectivity index (χ1n) is 5.07. The topological polar surface area (TPSA) is 79.6 Å². The van der Waals surface area contributed by atoms with Gasteiger partial charge in [0.1, 0.15) is 5.60 Å². The van der Waals surface area contributed by atoms with Crippen molar-refractivity contribution in [2.45, 2.75) is 32.4 Å². The molecule has 7 heteroatoms. The van der Waals surface area contributed by atoms with Crippen molar-refractivity contribution in [3.05, 3.63) is 0 Å². The lowest BCUT2D eigenvalue weighted by Gasteiger charge is -2.40. The molecule has 4 N–H and O–H groups in total. The van der Waals surface area contributed by atoms with Crippen LogP contribution in [0.1, 0.15) is 20.8 Å². The molecule has 1 amide bonds. The summed E-state index contributed by atoms with van der Waals surface area (Å²) < 4.78 is 5.21. The molecule has 0 bridgehead atoms. The van der Waals surface area contributed by atoms with Gasteiger partial charge < -0.3 is 20.4 Å². The molecule has 1 aliphatic heterocycles. The average Bonchev–Trinajstić information content (AvgIpc) is 2.06. The predicted octanol–water partition coefficient (Wildman–Crippen LogP) is -0.0565. The lowest BCUT2D eigenvalue weighted by atomic mass is 10.1. The molecule has 1 saturated heterocycles. The van der Waals surface area contributed by atoms with E-state index in [4.69, 9.17) is 22.8 Å². The number of hydrazine groups is 1. The second-order valence-electron chi connectivity index (χ2n) is 4.70. The zero-order valence-electron chi connectivity index (χ0n) is 9.74. The van der Waals surface area contributed by atoms with Crippen LogP contribution in [0.2, 0.25) is 0 Å². The van der Waals surface area contributed by atoms with Crippen molar-refractivity contribution >= 4 is 23.4 Å². The van der Waals surface area contributed by atoms with Crippen molar-refractivity contribution in [1.29, 1.82) is 0 Å². The number of thiocarbonyl (C=S) groups is 1. The Morgan fingerprint density at radius 3 is 2.50 bits per heavy atom. The van der Waals surface area contributed by atoms with Gasteiger partial charge in [0.05, 0.1) is 6.04 Å². The maximum Gasteiger partial charge on any atom is 0.410 e. The molecule has 0 radical (unpaired) electrons. The molecule has 1 fully saturated rings. The molecule has 1 aliphatic rings. The predicted molar refractivity (Wildman–Crippen MR) is 64.7 cm³/mol. The summed E-state index contributed by atoms with van der Waals surface area (Å²) in [7, 11) is 0. The van der Waals surface area contributed by atoms with E-state index >= 15 is 0 Å². The smallest absolute Gasteiger partial charge is 0.410 e. The minimum atomic E-state index is -0.455. The van der Waals surface area contributed by atoms with Crippen LogP contribution in [0.5, 0.6) is 0 Å². The molecule has 1 rings (SSSR count). The summed E-state index contributed by atoms with van der Waals surface area (Å²) in [5, 5.41) is 3.34. The fourth-order valence-electron chi connectivity index (χ4n) is 1.27. The summed E-state index contributed by atoms with van der Waals surface area (Å²) in [5.74, 6) is 5.12. The summed E-state index contributed by atoms with van der Waals surface area (Å²) in [6.07, 6.45) is -0.294. The highest BCUT2D eigenvalue weighted by molar-refractivity contribution is 7.80. The third-order valence-corrected chi connectivity index (χ3v) is 2.24. The zero-order valence-corrected chi connectivity index (χ0v) is 10.6. The van der Waals surface area contributed by atoms with Crippen LogP contribution in [-0.2, 0) is 4.74 Å². The Balaban J connectivity index is 2.25. The molecule has 92 valence electrons. The van der Waals surface area contributed by atoms with Crippen LogP contribution in [0, 0.1) is 0 Å². The van der Waals surface area contributed by atoms with Crippen molar-refractivity contribution in [2.75, 3.05) is 13.1 Å². The Bertz CT molecular complexity index is 284. The van der Waals surface area contributed by atoms with Crippen LogP contribution >= 0.6 is 12.2 Å². The molecule has 0 aliphatic carbocycles. The second kappa shape index (κ2) is 4.84. The number of nitrogens with zero attached hydrogens (tertiary/aromatic N) is 1. The minimum Gasteiger partial charge on any atom is -0.444 e. The highest BCUT2D eigenvalue weighted by Gasteiger charge is 2.33. The van der Waals surface area contributed by atoms with Gasteiger partial charge in [-0.05, 0) is 33.0 Å². The number of carbonyl (C=O) groups excluding carboxylic acids is 1. The first-order chi connectivity index (χ1) is 7.31. The number of nitrogens with two attached hydrogens (primary N) is 1. The highest BCUT2D eigenvalue weighted by Crippen LogP contribution is 2.14. The van der Waals surface area contributed by atoms with Crippen LogP contribution in [-0.4, -0.2) is 40.8 Å². The molecule has 0 aromatic rings. The van der Waals surface area contributed by atoms with E-state index < -0.39 is 5.60 Å². The van der Waals surface area contributed by atoms with E-state index in [-0.39, 0.29) is 12.1 Å². The average molecular weight is 246 g/mol. The maximum absolute atomic E-state index is 11.5. The summed E-state index contributed by atoms with van der Waals surface area (Å²) in [6.45, 7) is 6.68. The fourth-order valence-corrected chi connectivity index (χ4v) is 1.44. The summed E-state index contributed by atoms with van der Waals surface area (Å²) in [4.78, 5) is 13.2. The van der Waals surface area contributed by atoms with Crippen molar-refractivity contribution in [1.82, 2.24) is 15.6 Å². The number of hydrogen-bond acceptors (Lipinski definition) is 4. The maximum atomic E-state index is 11.5. The van der Waals surface area contributed by atoms with Gasteiger partial charge in [-0.25, -0.2) is 10.6 Å². The second-order valence-corrected chi connectivity index (χ2v) is 5.11. The number of amides is 1. The summed E-state index contributed by atoms with van der Waals surface area (Å²) >= 11 is 4.84. The monoisotopic (exact) mass is 246 g/mol. The third-order valence-electron chi connectivity index (χ3n) is 2.00. The Hall–Kier alpha value is -1.08. The van der Waals surface area contributed by atoms with E-state index in [9.17, 15) is 4.79 Å². The van der Waals surface area contributed by atoms with Gasteiger partial charge in [-0.3, -0.25) is 0 Å². The standard InChI is InChI=1S/C9H18N4O2S/c1-9(2,3)15-8(14)13-4-6(5-13)11-7(16)12-10/h6H,4-5,10H2,1-3H3,(H2,11,12,16). The van der Waals surface area contributed by atoms with E-state index in [1.807, 2.05) is 20.8 Å². The van der Waals surface area contributed by atoms with Gasteiger partial charge in [-0.15, -0.1) is 0 Å². The fraction of sp³-hybridized carbons (Fsp3) is 0.778. The number of carbonyl (C=O) groups is 1.